The van der Waals surface area contributed by atoms with Crippen LogP contribution in [0.25, 0.3) is 0 Å². The van der Waals surface area contributed by atoms with E-state index in [9.17, 15) is 4.79 Å². The Morgan fingerprint density at radius 1 is 1.62 bits per heavy atom. The number of hydrogen-bond donors (Lipinski definition) is 3. The molecule has 1 aromatic rings. The standard InChI is InChI=1S/C11H17N3O2/c1-6-8(4-5-15)11(16)14-10(13-6)9(12)7-2-3-7/h7,9,15H,2-5,12H2,1H3,(H,13,14,16). The van der Waals surface area contributed by atoms with Crippen LogP contribution in [-0.4, -0.2) is 21.7 Å². The molecule has 1 unspecified atom stereocenters. The lowest BCUT2D eigenvalue weighted by Gasteiger charge is -2.11. The molecular weight excluding hydrogens is 206 g/mol. The highest BCUT2D eigenvalue weighted by molar-refractivity contribution is 5.18. The zero-order valence-electron chi connectivity index (χ0n) is 9.36. The number of hydrogen-bond acceptors (Lipinski definition) is 4. The van der Waals surface area contributed by atoms with Crippen LogP contribution >= 0.6 is 0 Å². The monoisotopic (exact) mass is 223 g/mol. The molecule has 0 saturated heterocycles. The lowest BCUT2D eigenvalue weighted by molar-refractivity contribution is 0.298. The van der Waals surface area contributed by atoms with Crippen LogP contribution in [0.5, 0.6) is 0 Å². The van der Waals surface area contributed by atoms with Crippen molar-refractivity contribution < 1.29 is 5.11 Å². The Morgan fingerprint density at radius 2 is 2.31 bits per heavy atom. The average molecular weight is 223 g/mol. The molecule has 1 aromatic heterocycles. The number of nitrogens with one attached hydrogen (secondary N) is 1. The summed E-state index contributed by atoms with van der Waals surface area (Å²) in [6.45, 7) is 1.74. The predicted octanol–water partition coefficient (Wildman–Crippen LogP) is 0.0229. The molecule has 0 amide bonds. The normalized spacial score (nSPS) is 17.4. The molecule has 0 bridgehead atoms. The Labute approximate surface area is 93.7 Å². The summed E-state index contributed by atoms with van der Waals surface area (Å²) in [5.41, 5.74) is 7.03. The number of aromatic amines is 1. The van der Waals surface area contributed by atoms with E-state index >= 15 is 0 Å². The van der Waals surface area contributed by atoms with E-state index in [1.807, 2.05) is 0 Å². The average Bonchev–Trinajstić information content (AvgIpc) is 3.05. The smallest absolute Gasteiger partial charge is 0.254 e. The van der Waals surface area contributed by atoms with Crippen LogP contribution in [0.1, 0.15) is 36.0 Å². The molecule has 1 fully saturated rings. The molecule has 5 heteroatoms. The van der Waals surface area contributed by atoms with Gasteiger partial charge in [-0.3, -0.25) is 4.79 Å². The highest BCUT2D eigenvalue weighted by Gasteiger charge is 2.31. The number of rotatable bonds is 4. The van der Waals surface area contributed by atoms with Gasteiger partial charge in [0.2, 0.25) is 0 Å². The van der Waals surface area contributed by atoms with Crippen molar-refractivity contribution in [1.82, 2.24) is 9.97 Å². The van der Waals surface area contributed by atoms with Crippen LogP contribution in [0, 0.1) is 12.8 Å². The Hall–Kier alpha value is -1.20. The number of nitrogens with two attached hydrogens (primary N) is 1. The van der Waals surface area contributed by atoms with Crippen molar-refractivity contribution in [3.05, 3.63) is 27.4 Å². The molecule has 1 aliphatic rings. The lowest BCUT2D eigenvalue weighted by atomic mass is 10.1. The molecular formula is C11H17N3O2. The quantitative estimate of drug-likeness (QED) is 0.671. The van der Waals surface area contributed by atoms with Crippen molar-refractivity contribution in [2.75, 3.05) is 6.61 Å². The van der Waals surface area contributed by atoms with Crippen LogP contribution in [0.3, 0.4) is 0 Å². The first-order valence-corrected chi connectivity index (χ1v) is 5.59. The molecule has 0 radical (unpaired) electrons. The Kier molecular flexibility index (Phi) is 3.07. The maximum absolute atomic E-state index is 11.7. The van der Waals surface area contributed by atoms with Crippen molar-refractivity contribution in [3.8, 4) is 0 Å². The third-order valence-electron chi connectivity index (χ3n) is 3.05. The summed E-state index contributed by atoms with van der Waals surface area (Å²) in [6, 6.07) is -0.158. The van der Waals surface area contributed by atoms with E-state index in [4.69, 9.17) is 10.8 Å². The molecule has 16 heavy (non-hydrogen) atoms. The van der Waals surface area contributed by atoms with Crippen molar-refractivity contribution in [3.63, 3.8) is 0 Å². The van der Waals surface area contributed by atoms with Crippen LogP contribution in [0.2, 0.25) is 0 Å². The second-order valence-electron chi connectivity index (χ2n) is 4.35. The number of nitrogens with zero attached hydrogens (tertiary/aromatic N) is 1. The molecule has 4 N–H and O–H groups in total. The minimum Gasteiger partial charge on any atom is -0.396 e. The zero-order valence-corrected chi connectivity index (χ0v) is 9.36. The van der Waals surface area contributed by atoms with Crippen LogP contribution in [0.15, 0.2) is 4.79 Å². The Bertz CT molecular complexity index is 437. The number of H-pyrrole nitrogens is 1. The summed E-state index contributed by atoms with van der Waals surface area (Å²) in [4.78, 5) is 18.8. The van der Waals surface area contributed by atoms with Gasteiger partial charge < -0.3 is 15.8 Å². The largest absolute Gasteiger partial charge is 0.396 e. The number of aliphatic hydroxyl groups excluding tert-OH is 1. The fourth-order valence-electron chi connectivity index (χ4n) is 1.87. The highest BCUT2D eigenvalue weighted by Crippen LogP contribution is 2.38. The van der Waals surface area contributed by atoms with Crippen LogP contribution in [0.4, 0.5) is 0 Å². The van der Waals surface area contributed by atoms with Crippen molar-refractivity contribution in [2.24, 2.45) is 11.7 Å². The summed E-state index contributed by atoms with van der Waals surface area (Å²) in [6.07, 6.45) is 2.57. The molecule has 2 rings (SSSR count). The first kappa shape index (κ1) is 11.3. The van der Waals surface area contributed by atoms with Gasteiger partial charge in [0.05, 0.1) is 6.04 Å². The van der Waals surface area contributed by atoms with E-state index in [0.29, 0.717) is 29.4 Å². The highest BCUT2D eigenvalue weighted by atomic mass is 16.3. The van der Waals surface area contributed by atoms with E-state index in [0.717, 1.165) is 12.8 Å². The molecule has 1 saturated carbocycles. The molecule has 0 aliphatic heterocycles. The second-order valence-corrected chi connectivity index (χ2v) is 4.35. The van der Waals surface area contributed by atoms with Crippen LogP contribution < -0.4 is 11.3 Å². The minimum absolute atomic E-state index is 0.0420. The predicted molar refractivity (Wildman–Crippen MR) is 60.0 cm³/mol. The van der Waals surface area contributed by atoms with E-state index in [-0.39, 0.29) is 18.2 Å². The fraction of sp³-hybridized carbons (Fsp3) is 0.636. The van der Waals surface area contributed by atoms with Gasteiger partial charge >= 0.3 is 0 Å². The maximum atomic E-state index is 11.7. The van der Waals surface area contributed by atoms with Crippen LogP contribution in [-0.2, 0) is 6.42 Å². The molecule has 0 spiro atoms. The van der Waals surface area contributed by atoms with Gasteiger partial charge in [0.25, 0.3) is 5.56 Å². The minimum atomic E-state index is -0.173. The summed E-state index contributed by atoms with van der Waals surface area (Å²) < 4.78 is 0. The SMILES string of the molecule is Cc1nc(C(N)C2CC2)[nH]c(=O)c1CCO. The van der Waals surface area contributed by atoms with Gasteiger partial charge in [-0.15, -0.1) is 0 Å². The maximum Gasteiger partial charge on any atom is 0.254 e. The van der Waals surface area contributed by atoms with Gasteiger partial charge in [0.1, 0.15) is 5.82 Å². The second kappa shape index (κ2) is 4.35. The van der Waals surface area contributed by atoms with Gasteiger partial charge in [-0.2, -0.15) is 0 Å². The molecule has 1 heterocycles. The van der Waals surface area contributed by atoms with Gasteiger partial charge in [0.15, 0.2) is 0 Å². The van der Waals surface area contributed by atoms with E-state index in [1.54, 1.807) is 6.92 Å². The summed E-state index contributed by atoms with van der Waals surface area (Å²) in [5, 5.41) is 8.84. The molecule has 88 valence electrons. The summed E-state index contributed by atoms with van der Waals surface area (Å²) in [5.74, 6) is 1.04. The third kappa shape index (κ3) is 2.15. The van der Waals surface area contributed by atoms with Gasteiger partial charge in [0, 0.05) is 24.3 Å². The summed E-state index contributed by atoms with van der Waals surface area (Å²) in [7, 11) is 0. The topological polar surface area (TPSA) is 92.0 Å². The number of aliphatic hydroxyl groups is 1. The molecule has 1 aliphatic carbocycles. The first-order chi connectivity index (χ1) is 7.63. The van der Waals surface area contributed by atoms with E-state index in [2.05, 4.69) is 9.97 Å². The zero-order chi connectivity index (χ0) is 11.7. The Balaban J connectivity index is 2.32. The van der Waals surface area contributed by atoms with E-state index < -0.39 is 0 Å². The van der Waals surface area contributed by atoms with Gasteiger partial charge in [-0.25, -0.2) is 4.98 Å². The first-order valence-electron chi connectivity index (χ1n) is 5.59. The van der Waals surface area contributed by atoms with Gasteiger partial charge in [-0.05, 0) is 25.7 Å². The van der Waals surface area contributed by atoms with Crippen molar-refractivity contribution in [1.29, 1.82) is 0 Å². The molecule has 0 aromatic carbocycles. The molecule has 5 nitrogen and oxygen atoms in total. The van der Waals surface area contributed by atoms with Crippen molar-refractivity contribution >= 4 is 0 Å². The fourth-order valence-corrected chi connectivity index (χ4v) is 1.87. The third-order valence-corrected chi connectivity index (χ3v) is 3.05. The molecule has 1 atom stereocenters. The summed E-state index contributed by atoms with van der Waals surface area (Å²) >= 11 is 0. The lowest BCUT2D eigenvalue weighted by Crippen LogP contribution is -2.25. The Morgan fingerprint density at radius 3 is 2.81 bits per heavy atom. The number of aryl methyl sites for hydroxylation is 1. The van der Waals surface area contributed by atoms with Crippen molar-refractivity contribution in [2.45, 2.75) is 32.2 Å². The van der Waals surface area contributed by atoms with E-state index in [1.165, 1.54) is 0 Å². The number of aromatic nitrogens is 2. The van der Waals surface area contributed by atoms with Gasteiger partial charge in [-0.1, -0.05) is 0 Å².